The summed E-state index contributed by atoms with van der Waals surface area (Å²) in [5, 5.41) is 19.1. The zero-order chi connectivity index (χ0) is 22.1. The van der Waals surface area contributed by atoms with Crippen LogP contribution < -0.4 is 5.32 Å². The van der Waals surface area contributed by atoms with Crippen molar-refractivity contribution in [3.05, 3.63) is 69.7 Å². The summed E-state index contributed by atoms with van der Waals surface area (Å²) in [5.41, 5.74) is 4.20. The van der Waals surface area contributed by atoms with Crippen LogP contribution in [0.4, 0.5) is 0 Å². The Balaban J connectivity index is 0.000000343. The minimum absolute atomic E-state index is 0.558. The highest BCUT2D eigenvalue weighted by Gasteiger charge is 2.19. The molecule has 3 N–H and O–H groups in total. The zero-order valence-corrected chi connectivity index (χ0v) is 19.4. The predicted octanol–water partition coefficient (Wildman–Crippen LogP) is 5.40. The van der Waals surface area contributed by atoms with Gasteiger partial charge >= 0.3 is 11.9 Å². The number of hydrogen-bond acceptors (Lipinski definition) is 4. The van der Waals surface area contributed by atoms with Crippen LogP contribution in [0.15, 0.2) is 62.8 Å². The number of carbonyl (C=O) groups is 2. The average molecular weight is 492 g/mol. The van der Waals surface area contributed by atoms with E-state index in [-0.39, 0.29) is 0 Å². The number of aryl methyl sites for hydroxylation is 2. The molecule has 2 aromatic rings. The number of rotatable bonds is 5. The van der Waals surface area contributed by atoms with Gasteiger partial charge in [-0.2, -0.15) is 0 Å². The molecule has 0 radical (unpaired) electrons. The van der Waals surface area contributed by atoms with Crippen molar-refractivity contribution in [2.75, 3.05) is 13.1 Å². The molecule has 3 rings (SSSR count). The molecule has 1 heterocycles. The second-order valence-corrected chi connectivity index (χ2v) is 9.09. The van der Waals surface area contributed by atoms with E-state index in [1.165, 1.54) is 43.8 Å². The van der Waals surface area contributed by atoms with Gasteiger partial charge in [0, 0.05) is 26.4 Å². The Morgan fingerprint density at radius 1 is 1.00 bits per heavy atom. The molecule has 0 unspecified atom stereocenters. The number of piperidine rings is 1. The fraction of sp³-hybridized carbons (Fsp3) is 0.304. The van der Waals surface area contributed by atoms with E-state index >= 15 is 0 Å². The molecule has 5 nitrogen and oxygen atoms in total. The fourth-order valence-corrected chi connectivity index (χ4v) is 4.69. The van der Waals surface area contributed by atoms with E-state index in [2.05, 4.69) is 71.5 Å². The van der Waals surface area contributed by atoms with Gasteiger partial charge < -0.3 is 15.5 Å². The van der Waals surface area contributed by atoms with Crippen LogP contribution in [0.1, 0.15) is 35.4 Å². The molecule has 1 aliphatic heterocycles. The molecule has 0 amide bonds. The molecule has 1 fully saturated rings. The first kappa shape index (κ1) is 24.2. The van der Waals surface area contributed by atoms with Crippen molar-refractivity contribution in [2.45, 2.75) is 42.4 Å². The van der Waals surface area contributed by atoms with E-state index < -0.39 is 11.9 Å². The van der Waals surface area contributed by atoms with Gasteiger partial charge in [0.05, 0.1) is 0 Å². The molecular formula is C23H26BrNO4S. The van der Waals surface area contributed by atoms with Crippen LogP contribution in [0.2, 0.25) is 0 Å². The quantitative estimate of drug-likeness (QED) is 0.485. The van der Waals surface area contributed by atoms with Gasteiger partial charge in [-0.25, -0.2) is 9.59 Å². The van der Waals surface area contributed by atoms with Gasteiger partial charge in [0.15, 0.2) is 0 Å². The van der Waals surface area contributed by atoms with Crippen molar-refractivity contribution >= 4 is 39.6 Å². The lowest BCUT2D eigenvalue weighted by Crippen LogP contribution is -2.26. The minimum Gasteiger partial charge on any atom is -0.478 e. The molecule has 0 spiro atoms. The summed E-state index contributed by atoms with van der Waals surface area (Å²) >= 11 is 5.56. The molecule has 30 heavy (non-hydrogen) atoms. The van der Waals surface area contributed by atoms with E-state index in [0.717, 1.165) is 13.1 Å². The molecule has 7 heteroatoms. The maximum atomic E-state index is 9.55. The van der Waals surface area contributed by atoms with Crippen molar-refractivity contribution in [2.24, 2.45) is 0 Å². The van der Waals surface area contributed by atoms with Crippen molar-refractivity contribution < 1.29 is 19.8 Å². The van der Waals surface area contributed by atoms with Gasteiger partial charge in [-0.1, -0.05) is 45.4 Å². The second-order valence-electron chi connectivity index (χ2n) is 7.09. The third kappa shape index (κ3) is 7.97. The summed E-state index contributed by atoms with van der Waals surface area (Å²) in [6, 6.07) is 13.5. The third-order valence-corrected chi connectivity index (χ3v) is 6.43. The van der Waals surface area contributed by atoms with Crippen LogP contribution in [0.5, 0.6) is 0 Å². The van der Waals surface area contributed by atoms with Gasteiger partial charge in [-0.3, -0.25) is 0 Å². The summed E-state index contributed by atoms with van der Waals surface area (Å²) in [4.78, 5) is 21.9. The van der Waals surface area contributed by atoms with Crippen molar-refractivity contribution in [3.8, 4) is 0 Å². The highest BCUT2D eigenvalue weighted by molar-refractivity contribution is 9.10. The lowest BCUT2D eigenvalue weighted by atomic mass is 9.90. The third-order valence-electron chi connectivity index (χ3n) is 4.67. The van der Waals surface area contributed by atoms with Gasteiger partial charge in [-0.15, -0.1) is 0 Å². The van der Waals surface area contributed by atoms with E-state index in [9.17, 15) is 9.59 Å². The summed E-state index contributed by atoms with van der Waals surface area (Å²) in [6.45, 7) is 6.62. The maximum Gasteiger partial charge on any atom is 0.328 e. The van der Waals surface area contributed by atoms with Crippen LogP contribution in [-0.2, 0) is 9.59 Å². The lowest BCUT2D eigenvalue weighted by molar-refractivity contribution is -0.134. The zero-order valence-electron chi connectivity index (χ0n) is 17.0. The normalized spacial score (nSPS) is 14.2. The molecule has 0 bridgehead atoms. The largest absolute Gasteiger partial charge is 0.478 e. The Morgan fingerprint density at radius 2 is 1.60 bits per heavy atom. The lowest BCUT2D eigenvalue weighted by Gasteiger charge is -2.25. The highest BCUT2D eigenvalue weighted by atomic mass is 79.9. The van der Waals surface area contributed by atoms with Crippen LogP contribution >= 0.6 is 27.7 Å². The number of benzene rings is 2. The number of carboxylic acid groups (broad SMARTS) is 2. The van der Waals surface area contributed by atoms with Gasteiger partial charge in [0.2, 0.25) is 0 Å². The second kappa shape index (κ2) is 11.9. The fourth-order valence-electron chi connectivity index (χ4n) is 3.24. The number of nitrogens with one attached hydrogen (secondary N) is 1. The Morgan fingerprint density at radius 3 is 2.17 bits per heavy atom. The first-order valence-corrected chi connectivity index (χ1v) is 11.3. The number of halogens is 1. The number of aliphatic carboxylic acids is 2. The monoisotopic (exact) mass is 491 g/mol. The van der Waals surface area contributed by atoms with Crippen LogP contribution in [-0.4, -0.2) is 35.2 Å². The molecule has 1 saturated heterocycles. The molecule has 0 atom stereocenters. The van der Waals surface area contributed by atoms with Gasteiger partial charge in [0.25, 0.3) is 0 Å². The Kier molecular flexibility index (Phi) is 9.62. The van der Waals surface area contributed by atoms with Crippen molar-refractivity contribution in [3.63, 3.8) is 0 Å². The highest BCUT2D eigenvalue weighted by Crippen LogP contribution is 2.39. The molecule has 0 aromatic heterocycles. The van der Waals surface area contributed by atoms with Crippen LogP contribution in [0.25, 0.3) is 0 Å². The molecule has 2 aromatic carbocycles. The number of carboxylic acids is 2. The molecular weight excluding hydrogens is 466 g/mol. The van der Waals surface area contributed by atoms with Crippen molar-refractivity contribution in [1.82, 2.24) is 5.32 Å². The Labute approximate surface area is 189 Å². The first-order valence-electron chi connectivity index (χ1n) is 9.65. The van der Waals surface area contributed by atoms with E-state index in [1.54, 1.807) is 0 Å². The van der Waals surface area contributed by atoms with Crippen molar-refractivity contribution in [1.29, 1.82) is 0 Å². The number of hydrogen-bond donors (Lipinski definition) is 3. The molecule has 1 aliphatic rings. The standard InChI is InChI=1S/C19H22BrNS.C4H4O4/c1-13-3-5-18(14(2)11-13)22-19-6-4-16(20)12-17(19)15-7-9-21-10-8-15;5-3(6)1-2-4(7)8/h3-6,11-12,15,21H,7-10H2,1-2H3;1-2H,(H,5,6)(H,7,8)/b;2-1+. The van der Waals surface area contributed by atoms with E-state index in [4.69, 9.17) is 10.2 Å². The smallest absolute Gasteiger partial charge is 0.328 e. The Hall–Kier alpha value is -2.09. The van der Waals surface area contributed by atoms with E-state index in [0.29, 0.717) is 18.1 Å². The van der Waals surface area contributed by atoms with Gasteiger partial charge in [-0.05, 0) is 81.1 Å². The summed E-state index contributed by atoms with van der Waals surface area (Å²) in [5.74, 6) is -1.84. The van der Waals surface area contributed by atoms with Crippen LogP contribution in [0.3, 0.4) is 0 Å². The topological polar surface area (TPSA) is 86.6 Å². The minimum atomic E-state index is -1.26. The van der Waals surface area contributed by atoms with E-state index in [1.807, 2.05) is 11.8 Å². The first-order chi connectivity index (χ1) is 14.3. The SMILES string of the molecule is Cc1ccc(Sc2ccc(Br)cc2C2CCNCC2)c(C)c1.O=C(O)/C=C/C(=O)O. The molecule has 160 valence electrons. The van der Waals surface area contributed by atoms with Gasteiger partial charge in [0.1, 0.15) is 0 Å². The Bertz CT molecular complexity index is 907. The average Bonchev–Trinajstić information content (AvgIpc) is 2.71. The predicted molar refractivity (Wildman–Crippen MR) is 123 cm³/mol. The summed E-state index contributed by atoms with van der Waals surface area (Å²) in [6.07, 6.45) is 3.58. The van der Waals surface area contributed by atoms with Crippen LogP contribution in [0, 0.1) is 13.8 Å². The molecule has 0 aliphatic carbocycles. The molecule has 0 saturated carbocycles. The summed E-state index contributed by atoms with van der Waals surface area (Å²) < 4.78 is 1.19. The summed E-state index contributed by atoms with van der Waals surface area (Å²) in [7, 11) is 0. The maximum absolute atomic E-state index is 9.55.